The fourth-order valence-electron chi connectivity index (χ4n) is 2.67. The molecule has 1 fully saturated rings. The molecule has 20 heavy (non-hydrogen) atoms. The Morgan fingerprint density at radius 1 is 1.40 bits per heavy atom. The van der Waals surface area contributed by atoms with Gasteiger partial charge in [0.25, 0.3) is 0 Å². The second-order valence-corrected chi connectivity index (χ2v) is 5.21. The molecule has 5 heteroatoms. The Morgan fingerprint density at radius 3 is 2.95 bits per heavy atom. The number of carbonyl (C=O) groups excluding carboxylic acids is 1. The smallest absolute Gasteiger partial charge is 0.238 e. The zero-order valence-electron chi connectivity index (χ0n) is 11.7. The van der Waals surface area contributed by atoms with Gasteiger partial charge in [-0.25, -0.2) is 0 Å². The lowest BCUT2D eigenvalue weighted by atomic mass is 10.0. The molecule has 1 aliphatic rings. The topological polar surface area (TPSA) is 78.6 Å². The van der Waals surface area contributed by atoms with E-state index < -0.39 is 0 Å². The summed E-state index contributed by atoms with van der Waals surface area (Å²) in [5.74, 6) is -0.0498. The highest BCUT2D eigenvalue weighted by Crippen LogP contribution is 2.17. The van der Waals surface area contributed by atoms with Gasteiger partial charge in [-0.05, 0) is 31.0 Å². The molecule has 4 N–H and O–H groups in total. The fraction of sp³-hybridized carbons (Fsp3) is 0.533. The third-order valence-corrected chi connectivity index (χ3v) is 3.82. The number of hydrogen-bond donors (Lipinski definition) is 3. The number of aliphatic hydroxyl groups excluding tert-OH is 1. The lowest BCUT2D eigenvalue weighted by molar-refractivity contribution is -0.118. The highest BCUT2D eigenvalue weighted by Gasteiger charge is 2.23. The number of amides is 1. The molecule has 1 aliphatic heterocycles. The Morgan fingerprint density at radius 2 is 2.20 bits per heavy atom. The van der Waals surface area contributed by atoms with E-state index in [1.165, 1.54) is 0 Å². The van der Waals surface area contributed by atoms with E-state index >= 15 is 0 Å². The van der Waals surface area contributed by atoms with Crippen LogP contribution in [0.2, 0.25) is 0 Å². The third-order valence-electron chi connectivity index (χ3n) is 3.82. The van der Waals surface area contributed by atoms with Crippen LogP contribution >= 0.6 is 0 Å². The summed E-state index contributed by atoms with van der Waals surface area (Å²) in [6.07, 6.45) is 3.17. The number of rotatable bonds is 5. The van der Waals surface area contributed by atoms with Crippen LogP contribution in [0.4, 0.5) is 5.69 Å². The molecule has 1 amide bonds. The third kappa shape index (κ3) is 3.79. The van der Waals surface area contributed by atoms with Gasteiger partial charge in [-0.15, -0.1) is 0 Å². The van der Waals surface area contributed by atoms with E-state index in [4.69, 9.17) is 5.73 Å². The van der Waals surface area contributed by atoms with Crippen LogP contribution in [0, 0.1) is 0 Å². The molecule has 1 atom stereocenters. The molecule has 1 unspecified atom stereocenters. The minimum atomic E-state index is -0.0498. The first-order chi connectivity index (χ1) is 9.74. The second-order valence-electron chi connectivity index (χ2n) is 5.21. The zero-order chi connectivity index (χ0) is 14.4. The first-order valence-electron chi connectivity index (χ1n) is 7.17. The van der Waals surface area contributed by atoms with E-state index in [1.807, 2.05) is 24.3 Å². The molecule has 5 nitrogen and oxygen atoms in total. The summed E-state index contributed by atoms with van der Waals surface area (Å²) in [7, 11) is 0. The Balaban J connectivity index is 1.94. The number of hydrogen-bond acceptors (Lipinski definition) is 4. The first-order valence-corrected chi connectivity index (χ1v) is 7.17. The number of para-hydroxylation sites is 1. The number of nitrogens with two attached hydrogens (primary N) is 1. The number of carbonyl (C=O) groups is 1. The van der Waals surface area contributed by atoms with Crippen LogP contribution in [0.3, 0.4) is 0 Å². The van der Waals surface area contributed by atoms with Crippen LogP contribution in [-0.4, -0.2) is 41.7 Å². The summed E-state index contributed by atoms with van der Waals surface area (Å²) in [5.41, 5.74) is 7.36. The van der Waals surface area contributed by atoms with Crippen LogP contribution < -0.4 is 11.1 Å². The maximum absolute atomic E-state index is 12.1. The maximum atomic E-state index is 12.1. The van der Waals surface area contributed by atoms with E-state index in [-0.39, 0.29) is 18.6 Å². The number of aliphatic hydroxyl groups is 1. The Hall–Kier alpha value is -1.43. The van der Waals surface area contributed by atoms with E-state index in [0.29, 0.717) is 13.1 Å². The number of likely N-dealkylation sites (tertiary alicyclic amines) is 1. The van der Waals surface area contributed by atoms with Crippen LogP contribution in [-0.2, 0) is 11.3 Å². The van der Waals surface area contributed by atoms with E-state index in [2.05, 4.69) is 10.2 Å². The summed E-state index contributed by atoms with van der Waals surface area (Å²) in [4.78, 5) is 14.2. The van der Waals surface area contributed by atoms with Gasteiger partial charge in [-0.2, -0.15) is 0 Å². The summed E-state index contributed by atoms with van der Waals surface area (Å²) in [6, 6.07) is 7.67. The second kappa shape index (κ2) is 7.38. The number of nitrogens with one attached hydrogen (secondary N) is 1. The monoisotopic (exact) mass is 277 g/mol. The van der Waals surface area contributed by atoms with Gasteiger partial charge in [0.15, 0.2) is 0 Å². The molecule has 0 aromatic heterocycles. The van der Waals surface area contributed by atoms with Gasteiger partial charge in [-0.1, -0.05) is 24.6 Å². The van der Waals surface area contributed by atoms with Crippen molar-refractivity contribution >= 4 is 11.6 Å². The largest absolute Gasteiger partial charge is 0.395 e. The predicted molar refractivity (Wildman–Crippen MR) is 79.3 cm³/mol. The van der Waals surface area contributed by atoms with Crippen molar-refractivity contribution in [3.63, 3.8) is 0 Å². The van der Waals surface area contributed by atoms with E-state index in [1.54, 1.807) is 0 Å². The number of piperidine rings is 1. The van der Waals surface area contributed by atoms with Gasteiger partial charge in [0.1, 0.15) is 0 Å². The molecule has 1 aromatic rings. The van der Waals surface area contributed by atoms with Crippen molar-refractivity contribution < 1.29 is 9.90 Å². The Kier molecular flexibility index (Phi) is 5.52. The molecular formula is C15H23N3O2. The van der Waals surface area contributed by atoms with Gasteiger partial charge >= 0.3 is 0 Å². The maximum Gasteiger partial charge on any atom is 0.238 e. The standard InChI is InChI=1S/C15H23N3O2/c16-9-12-5-1-2-7-14(12)17-15(20)10-18-8-4-3-6-13(18)11-19/h1-2,5,7,13,19H,3-4,6,8-11,16H2,(H,17,20). The average Bonchev–Trinajstić information content (AvgIpc) is 2.48. The summed E-state index contributed by atoms with van der Waals surface area (Å²) >= 11 is 0. The molecule has 2 rings (SSSR count). The number of benzene rings is 1. The van der Waals surface area contributed by atoms with Gasteiger partial charge in [-0.3, -0.25) is 9.69 Å². The van der Waals surface area contributed by atoms with Crippen LogP contribution in [0.1, 0.15) is 24.8 Å². The normalized spacial score (nSPS) is 19.8. The average molecular weight is 277 g/mol. The number of nitrogens with zero attached hydrogens (tertiary/aromatic N) is 1. The van der Waals surface area contributed by atoms with Crippen molar-refractivity contribution in [2.75, 3.05) is 25.0 Å². The lowest BCUT2D eigenvalue weighted by Crippen LogP contribution is -2.45. The summed E-state index contributed by atoms with van der Waals surface area (Å²) in [5, 5.41) is 12.3. The van der Waals surface area contributed by atoms with Crippen molar-refractivity contribution in [2.45, 2.75) is 31.8 Å². The van der Waals surface area contributed by atoms with Gasteiger partial charge in [0.05, 0.1) is 13.2 Å². The lowest BCUT2D eigenvalue weighted by Gasteiger charge is -2.33. The van der Waals surface area contributed by atoms with Crippen molar-refractivity contribution in [1.82, 2.24) is 4.90 Å². The summed E-state index contributed by atoms with van der Waals surface area (Å²) < 4.78 is 0. The Labute approximate surface area is 119 Å². The zero-order valence-corrected chi connectivity index (χ0v) is 11.7. The molecule has 1 heterocycles. The van der Waals surface area contributed by atoms with E-state index in [0.717, 1.165) is 37.1 Å². The molecule has 1 aromatic carbocycles. The minimum absolute atomic E-state index is 0.0498. The van der Waals surface area contributed by atoms with Crippen molar-refractivity contribution in [1.29, 1.82) is 0 Å². The SMILES string of the molecule is NCc1ccccc1NC(=O)CN1CCCCC1CO. The molecule has 1 saturated heterocycles. The highest BCUT2D eigenvalue weighted by atomic mass is 16.3. The molecule has 0 saturated carbocycles. The van der Waals surface area contributed by atoms with Gasteiger partial charge < -0.3 is 16.2 Å². The van der Waals surface area contributed by atoms with Crippen LogP contribution in [0.5, 0.6) is 0 Å². The highest BCUT2D eigenvalue weighted by molar-refractivity contribution is 5.93. The molecular weight excluding hydrogens is 254 g/mol. The molecule has 0 spiro atoms. The van der Waals surface area contributed by atoms with Crippen LogP contribution in [0.25, 0.3) is 0 Å². The number of anilines is 1. The Bertz CT molecular complexity index is 450. The van der Waals surface area contributed by atoms with Crippen molar-refractivity contribution in [2.24, 2.45) is 5.73 Å². The molecule has 0 aliphatic carbocycles. The van der Waals surface area contributed by atoms with Crippen molar-refractivity contribution in [3.8, 4) is 0 Å². The van der Waals surface area contributed by atoms with Gasteiger partial charge in [0, 0.05) is 18.3 Å². The predicted octanol–water partition coefficient (Wildman–Crippen LogP) is 0.931. The summed E-state index contributed by atoms with van der Waals surface area (Å²) in [6.45, 7) is 1.72. The molecule has 0 bridgehead atoms. The van der Waals surface area contributed by atoms with Crippen LogP contribution in [0.15, 0.2) is 24.3 Å². The quantitative estimate of drug-likeness (QED) is 0.748. The van der Waals surface area contributed by atoms with Crippen molar-refractivity contribution in [3.05, 3.63) is 29.8 Å². The molecule has 0 radical (unpaired) electrons. The van der Waals surface area contributed by atoms with Gasteiger partial charge in [0.2, 0.25) is 5.91 Å². The minimum Gasteiger partial charge on any atom is -0.395 e. The van der Waals surface area contributed by atoms with E-state index in [9.17, 15) is 9.90 Å². The molecule has 110 valence electrons. The fourth-order valence-corrected chi connectivity index (χ4v) is 2.67. The first kappa shape index (κ1) is 15.0.